The van der Waals surface area contributed by atoms with Crippen LogP contribution in [0.15, 0.2) is 66.7 Å². The molecule has 0 fully saturated rings. The summed E-state index contributed by atoms with van der Waals surface area (Å²) in [6, 6.07) is 24.9. The topological polar surface area (TPSA) is 0 Å². The average Bonchev–Trinajstić information content (AvgIpc) is 2.80. The molecule has 1 aliphatic carbocycles. The first kappa shape index (κ1) is 16.8. The Labute approximate surface area is 157 Å². The predicted octanol–water partition coefficient (Wildman–Crippen LogP) is 6.77. The number of aryl methyl sites for hydroxylation is 4. The van der Waals surface area contributed by atoms with Gasteiger partial charge in [-0.05, 0) is 72.1 Å². The van der Waals surface area contributed by atoms with Gasteiger partial charge < -0.3 is 0 Å². The zero-order chi connectivity index (χ0) is 18.1. The molecule has 0 unspecified atom stereocenters. The van der Waals surface area contributed by atoms with Gasteiger partial charge in [0.2, 0.25) is 0 Å². The summed E-state index contributed by atoms with van der Waals surface area (Å²) in [5.74, 6) is 0. The fourth-order valence-electron chi connectivity index (χ4n) is 4.25. The molecule has 0 N–H and O–H groups in total. The monoisotopic (exact) mass is 338 g/mol. The van der Waals surface area contributed by atoms with Crippen molar-refractivity contribution in [2.45, 2.75) is 40.0 Å². The van der Waals surface area contributed by atoms with E-state index < -0.39 is 0 Å². The molecule has 0 aromatic heterocycles. The molecule has 0 bridgehead atoms. The fourth-order valence-corrected chi connectivity index (χ4v) is 4.25. The maximum atomic E-state index is 2.38. The van der Waals surface area contributed by atoms with Crippen molar-refractivity contribution in [2.24, 2.45) is 0 Å². The van der Waals surface area contributed by atoms with Gasteiger partial charge >= 0.3 is 0 Å². The Hall–Kier alpha value is -2.60. The van der Waals surface area contributed by atoms with Crippen LogP contribution in [0.25, 0.3) is 11.1 Å². The van der Waals surface area contributed by atoms with Crippen LogP contribution in [0.5, 0.6) is 0 Å². The van der Waals surface area contributed by atoms with Gasteiger partial charge in [0.1, 0.15) is 0 Å². The van der Waals surface area contributed by atoms with Gasteiger partial charge in [0, 0.05) is 0 Å². The molecule has 0 saturated heterocycles. The summed E-state index contributed by atoms with van der Waals surface area (Å²) in [7, 11) is 0. The van der Waals surface area contributed by atoms with E-state index in [1.807, 2.05) is 0 Å². The van der Waals surface area contributed by atoms with Crippen molar-refractivity contribution in [1.82, 2.24) is 0 Å². The lowest BCUT2D eigenvalue weighted by molar-refractivity contribution is 0.963. The van der Waals surface area contributed by atoms with E-state index in [0.29, 0.717) is 0 Å². The van der Waals surface area contributed by atoms with Gasteiger partial charge in [0.15, 0.2) is 0 Å². The molecule has 0 spiro atoms. The SMILES string of the molecule is CC/C(=C1/c2ccccc2CCc2cc(C)ccc21)c1cccc(C)c1. The minimum absolute atomic E-state index is 1.03. The van der Waals surface area contributed by atoms with Crippen molar-refractivity contribution in [3.8, 4) is 0 Å². The van der Waals surface area contributed by atoms with Crippen LogP contribution in [-0.2, 0) is 12.8 Å². The summed E-state index contributed by atoms with van der Waals surface area (Å²) in [6.07, 6.45) is 3.25. The number of hydrogen-bond donors (Lipinski definition) is 0. The summed E-state index contributed by atoms with van der Waals surface area (Å²) in [4.78, 5) is 0. The molecule has 0 radical (unpaired) electrons. The van der Waals surface area contributed by atoms with Crippen molar-refractivity contribution in [1.29, 1.82) is 0 Å². The highest BCUT2D eigenvalue weighted by atomic mass is 14.2. The normalized spacial score (nSPS) is 15.0. The maximum absolute atomic E-state index is 2.38. The van der Waals surface area contributed by atoms with Crippen molar-refractivity contribution < 1.29 is 0 Å². The Morgan fingerprint density at radius 2 is 1.46 bits per heavy atom. The summed E-state index contributed by atoms with van der Waals surface area (Å²) in [5.41, 5.74) is 12.7. The van der Waals surface area contributed by atoms with E-state index in [0.717, 1.165) is 19.3 Å². The van der Waals surface area contributed by atoms with E-state index in [4.69, 9.17) is 0 Å². The van der Waals surface area contributed by atoms with Crippen molar-refractivity contribution in [2.75, 3.05) is 0 Å². The van der Waals surface area contributed by atoms with Gasteiger partial charge in [-0.3, -0.25) is 0 Å². The Morgan fingerprint density at radius 1 is 0.731 bits per heavy atom. The fraction of sp³-hybridized carbons (Fsp3) is 0.231. The average molecular weight is 338 g/mol. The molecule has 4 rings (SSSR count). The minimum atomic E-state index is 1.03. The third kappa shape index (κ3) is 3.01. The van der Waals surface area contributed by atoms with Gasteiger partial charge in [-0.15, -0.1) is 0 Å². The third-order valence-corrected chi connectivity index (χ3v) is 5.50. The van der Waals surface area contributed by atoms with Crippen LogP contribution in [0.1, 0.15) is 52.3 Å². The van der Waals surface area contributed by atoms with Gasteiger partial charge in [0.25, 0.3) is 0 Å². The third-order valence-electron chi connectivity index (χ3n) is 5.50. The molecule has 0 nitrogen and oxygen atoms in total. The largest absolute Gasteiger partial charge is 0.0620 e. The number of allylic oxidation sites excluding steroid dienone is 1. The van der Waals surface area contributed by atoms with E-state index in [9.17, 15) is 0 Å². The maximum Gasteiger partial charge on any atom is -0.00679 e. The highest BCUT2D eigenvalue weighted by Crippen LogP contribution is 2.40. The molecule has 3 aromatic carbocycles. The highest BCUT2D eigenvalue weighted by molar-refractivity contribution is 6.00. The zero-order valence-electron chi connectivity index (χ0n) is 16.0. The molecular weight excluding hydrogens is 312 g/mol. The Morgan fingerprint density at radius 3 is 2.27 bits per heavy atom. The number of fused-ring (bicyclic) bond motifs is 2. The molecule has 3 aromatic rings. The second-order valence-corrected chi connectivity index (χ2v) is 7.39. The molecule has 26 heavy (non-hydrogen) atoms. The molecule has 0 heterocycles. The Balaban J connectivity index is 2.07. The van der Waals surface area contributed by atoms with Crippen molar-refractivity contribution in [3.63, 3.8) is 0 Å². The quantitative estimate of drug-likeness (QED) is 0.483. The second kappa shape index (κ2) is 6.96. The second-order valence-electron chi connectivity index (χ2n) is 7.39. The first-order valence-electron chi connectivity index (χ1n) is 9.65. The van der Waals surface area contributed by atoms with Crippen molar-refractivity contribution in [3.05, 3.63) is 106 Å². The Kier molecular flexibility index (Phi) is 4.51. The van der Waals surface area contributed by atoms with Crippen LogP contribution >= 0.6 is 0 Å². The number of rotatable bonds is 2. The van der Waals surface area contributed by atoms with E-state index in [1.54, 1.807) is 0 Å². The molecule has 1 aliphatic rings. The Bertz CT molecular complexity index is 988. The molecule has 0 amide bonds. The molecule has 0 atom stereocenters. The first-order valence-corrected chi connectivity index (χ1v) is 9.65. The first-order chi connectivity index (χ1) is 12.7. The van der Waals surface area contributed by atoms with Crippen molar-refractivity contribution >= 4 is 11.1 Å². The van der Waals surface area contributed by atoms with E-state index >= 15 is 0 Å². The molecule has 130 valence electrons. The summed E-state index contributed by atoms with van der Waals surface area (Å²) < 4.78 is 0. The van der Waals surface area contributed by atoms with Crippen LogP contribution in [0.3, 0.4) is 0 Å². The van der Waals surface area contributed by atoms with Crippen LogP contribution in [-0.4, -0.2) is 0 Å². The zero-order valence-corrected chi connectivity index (χ0v) is 16.0. The number of hydrogen-bond acceptors (Lipinski definition) is 0. The molecule has 0 aliphatic heterocycles. The summed E-state index contributed by atoms with van der Waals surface area (Å²) in [6.45, 7) is 6.66. The van der Waals surface area contributed by atoms with Gasteiger partial charge in [0.05, 0.1) is 0 Å². The van der Waals surface area contributed by atoms with Crippen LogP contribution in [0.4, 0.5) is 0 Å². The summed E-state index contributed by atoms with van der Waals surface area (Å²) in [5, 5.41) is 0. The van der Waals surface area contributed by atoms with E-state index in [2.05, 4.69) is 87.5 Å². The minimum Gasteiger partial charge on any atom is -0.0620 e. The summed E-state index contributed by atoms with van der Waals surface area (Å²) >= 11 is 0. The van der Waals surface area contributed by atoms with E-state index in [-0.39, 0.29) is 0 Å². The predicted molar refractivity (Wildman–Crippen MR) is 112 cm³/mol. The smallest absolute Gasteiger partial charge is 0.00679 e. The lowest BCUT2D eigenvalue weighted by atomic mass is 9.85. The standard InChI is InChI=1S/C26H26/c1-4-23(21-10-7-8-18(2)16-21)26-24-11-6-5-9-20(24)13-14-22-17-19(3)12-15-25(22)26/h5-12,15-17H,4,13-14H2,1-3H3/b26-23+. The number of benzene rings is 3. The lowest BCUT2D eigenvalue weighted by Gasteiger charge is -2.19. The lowest BCUT2D eigenvalue weighted by Crippen LogP contribution is -1.98. The van der Waals surface area contributed by atoms with Crippen LogP contribution in [0, 0.1) is 13.8 Å². The van der Waals surface area contributed by atoms with Gasteiger partial charge in [-0.2, -0.15) is 0 Å². The van der Waals surface area contributed by atoms with Gasteiger partial charge in [-0.25, -0.2) is 0 Å². The molecule has 0 heteroatoms. The molecule has 0 saturated carbocycles. The van der Waals surface area contributed by atoms with Crippen LogP contribution in [0.2, 0.25) is 0 Å². The van der Waals surface area contributed by atoms with Crippen LogP contribution < -0.4 is 0 Å². The molecular formula is C26H26. The highest BCUT2D eigenvalue weighted by Gasteiger charge is 2.21. The van der Waals surface area contributed by atoms with Gasteiger partial charge in [-0.1, -0.05) is 84.8 Å². The van der Waals surface area contributed by atoms with E-state index in [1.165, 1.54) is 50.1 Å².